The smallest absolute Gasteiger partial charge is 0.113 e. The lowest BCUT2D eigenvalue weighted by molar-refractivity contribution is 0.396. The zero-order valence-corrected chi connectivity index (χ0v) is 20.2. The molecule has 0 fully saturated rings. The first kappa shape index (κ1) is 22.8. The quantitative estimate of drug-likeness (QED) is 0.0934. The molecule has 3 atom stereocenters. The topological polar surface area (TPSA) is 24.1 Å². The van der Waals surface area contributed by atoms with E-state index in [9.17, 15) is 0 Å². The van der Waals surface area contributed by atoms with Crippen LogP contribution in [0.25, 0.3) is 11.1 Å². The second-order valence-corrected chi connectivity index (χ2v) is 9.17. The first-order valence-corrected chi connectivity index (χ1v) is 12.1. The highest BCUT2D eigenvalue weighted by molar-refractivity contribution is 14.1. The molecule has 0 amide bonds. The van der Waals surface area contributed by atoms with Gasteiger partial charge < -0.3 is 0 Å². The molecule has 0 aliphatic carbocycles. The number of rotatable bonds is 8. The Hall–Kier alpha value is -2.41. The minimum Gasteiger partial charge on any atom is -0.291 e. The molecule has 0 aromatic heterocycles. The molecule has 158 valence electrons. The third kappa shape index (κ3) is 5.88. The van der Waals surface area contributed by atoms with Gasteiger partial charge in [0.05, 0.1) is 10.2 Å². The molecule has 4 heteroatoms. The fraction of sp³-hybridized carbons (Fsp3) is 0.143. The Bertz CT molecular complexity index is 1120. The standard InChI is InChI=1S/C28H26BIN2/c1-20(21-9-4-2-5-10-21)31-28(23-11-6-3-7-12-23)32-27(30)25-14-8-13-24(19-25)22-15-17-26(29)18-16-22/h2-20,27-28,31-32H,1H3. The molecule has 2 nitrogen and oxygen atoms in total. The van der Waals surface area contributed by atoms with Crippen molar-refractivity contribution in [2.24, 2.45) is 0 Å². The van der Waals surface area contributed by atoms with E-state index in [0.29, 0.717) is 0 Å². The van der Waals surface area contributed by atoms with Gasteiger partial charge in [-0.2, -0.15) is 0 Å². The highest BCUT2D eigenvalue weighted by Gasteiger charge is 2.19. The zero-order chi connectivity index (χ0) is 22.3. The molecule has 4 aromatic carbocycles. The van der Waals surface area contributed by atoms with Crippen molar-refractivity contribution >= 4 is 35.9 Å². The molecule has 0 saturated heterocycles. The Kier molecular flexibility index (Phi) is 7.79. The third-order valence-corrected chi connectivity index (χ3v) is 6.66. The summed E-state index contributed by atoms with van der Waals surface area (Å²) in [6.45, 7) is 2.21. The average molecular weight is 528 g/mol. The number of nitrogens with one attached hydrogen (secondary N) is 2. The van der Waals surface area contributed by atoms with Gasteiger partial charge in [0.25, 0.3) is 0 Å². The van der Waals surface area contributed by atoms with Crippen LogP contribution in [0.2, 0.25) is 0 Å². The van der Waals surface area contributed by atoms with E-state index in [1.54, 1.807) is 0 Å². The van der Waals surface area contributed by atoms with Crippen LogP contribution in [0.15, 0.2) is 109 Å². The third-order valence-electron chi connectivity index (χ3n) is 5.59. The van der Waals surface area contributed by atoms with Gasteiger partial charge in [0.1, 0.15) is 7.85 Å². The molecular weight excluding hydrogens is 502 g/mol. The van der Waals surface area contributed by atoms with Crippen molar-refractivity contribution in [2.45, 2.75) is 23.2 Å². The lowest BCUT2D eigenvalue weighted by Gasteiger charge is -2.28. The molecule has 2 N–H and O–H groups in total. The summed E-state index contributed by atoms with van der Waals surface area (Å²) in [5.41, 5.74) is 6.85. The maximum atomic E-state index is 5.86. The second kappa shape index (κ2) is 10.9. The van der Waals surface area contributed by atoms with Crippen molar-refractivity contribution in [1.82, 2.24) is 10.6 Å². The Labute approximate surface area is 206 Å². The summed E-state index contributed by atoms with van der Waals surface area (Å²) < 4.78 is 0.127. The number of halogens is 1. The number of hydrogen-bond acceptors (Lipinski definition) is 2. The second-order valence-electron chi connectivity index (χ2n) is 7.92. The summed E-state index contributed by atoms with van der Waals surface area (Å²) in [4.78, 5) is 0. The van der Waals surface area contributed by atoms with Crippen LogP contribution in [0.1, 0.15) is 39.9 Å². The molecule has 0 bridgehead atoms. The van der Waals surface area contributed by atoms with E-state index < -0.39 is 0 Å². The number of alkyl halides is 1. The molecule has 0 heterocycles. The van der Waals surface area contributed by atoms with Gasteiger partial charge in [-0.05, 0) is 40.8 Å². The average Bonchev–Trinajstić information content (AvgIpc) is 2.85. The van der Waals surface area contributed by atoms with Crippen LogP contribution in [-0.4, -0.2) is 7.85 Å². The largest absolute Gasteiger partial charge is 0.291 e. The van der Waals surface area contributed by atoms with E-state index in [0.717, 1.165) is 5.46 Å². The highest BCUT2D eigenvalue weighted by atomic mass is 127. The summed E-state index contributed by atoms with van der Waals surface area (Å²) in [5, 5.41) is 7.57. The minimum atomic E-state index is 0.00786. The fourth-order valence-corrected chi connectivity index (χ4v) is 4.51. The number of hydrogen-bond donors (Lipinski definition) is 2. The predicted octanol–water partition coefficient (Wildman–Crippen LogP) is 6.22. The maximum absolute atomic E-state index is 5.86. The van der Waals surface area contributed by atoms with E-state index in [4.69, 9.17) is 7.85 Å². The Balaban J connectivity index is 1.55. The Morgan fingerprint density at radius 3 is 1.88 bits per heavy atom. The number of benzene rings is 4. The van der Waals surface area contributed by atoms with E-state index in [-0.39, 0.29) is 16.3 Å². The summed E-state index contributed by atoms with van der Waals surface area (Å²) >= 11 is 2.48. The van der Waals surface area contributed by atoms with E-state index in [2.05, 4.69) is 137 Å². The van der Waals surface area contributed by atoms with Crippen LogP contribution in [-0.2, 0) is 0 Å². The Morgan fingerprint density at radius 2 is 1.22 bits per heavy atom. The van der Waals surface area contributed by atoms with Crippen molar-refractivity contribution in [1.29, 1.82) is 0 Å². The van der Waals surface area contributed by atoms with Crippen LogP contribution in [0.4, 0.5) is 0 Å². The van der Waals surface area contributed by atoms with Crippen LogP contribution in [0.5, 0.6) is 0 Å². The summed E-state index contributed by atoms with van der Waals surface area (Å²) in [7, 11) is 5.86. The van der Waals surface area contributed by atoms with Crippen molar-refractivity contribution in [3.8, 4) is 11.1 Å². The molecule has 0 spiro atoms. The van der Waals surface area contributed by atoms with Crippen LogP contribution >= 0.6 is 22.6 Å². The molecule has 2 radical (unpaired) electrons. The van der Waals surface area contributed by atoms with Crippen LogP contribution in [0, 0.1) is 0 Å². The fourth-order valence-electron chi connectivity index (χ4n) is 3.77. The van der Waals surface area contributed by atoms with Gasteiger partial charge in [-0.1, -0.05) is 131 Å². The molecule has 0 aliphatic heterocycles. The van der Waals surface area contributed by atoms with Crippen molar-refractivity contribution in [2.75, 3.05) is 0 Å². The molecule has 0 aliphatic rings. The van der Waals surface area contributed by atoms with Crippen molar-refractivity contribution in [3.63, 3.8) is 0 Å². The molecular formula is C28H26BIN2. The summed E-state index contributed by atoms with van der Waals surface area (Å²) in [5.74, 6) is 0. The predicted molar refractivity (Wildman–Crippen MR) is 144 cm³/mol. The highest BCUT2D eigenvalue weighted by Crippen LogP contribution is 2.29. The van der Waals surface area contributed by atoms with Crippen LogP contribution in [0.3, 0.4) is 0 Å². The summed E-state index contributed by atoms with van der Waals surface area (Å²) in [6.07, 6.45) is 0.00786. The van der Waals surface area contributed by atoms with Gasteiger partial charge in [0, 0.05) is 6.04 Å². The van der Waals surface area contributed by atoms with Gasteiger partial charge in [-0.25, -0.2) is 0 Å². The minimum absolute atomic E-state index is 0.00786. The monoisotopic (exact) mass is 528 g/mol. The SMILES string of the molecule is [B]c1ccc(-c2cccc(C(I)NC(NC(C)c3ccccc3)c3ccccc3)c2)cc1. The summed E-state index contributed by atoms with van der Waals surface area (Å²) in [6, 6.07) is 38.0. The maximum Gasteiger partial charge on any atom is 0.113 e. The van der Waals surface area contributed by atoms with Crippen molar-refractivity contribution in [3.05, 3.63) is 126 Å². The lowest BCUT2D eigenvalue weighted by atomic mass is 9.93. The molecule has 4 aromatic rings. The van der Waals surface area contributed by atoms with Gasteiger partial charge in [-0.15, -0.1) is 0 Å². The van der Waals surface area contributed by atoms with E-state index in [1.165, 1.54) is 27.8 Å². The van der Waals surface area contributed by atoms with E-state index >= 15 is 0 Å². The zero-order valence-electron chi connectivity index (χ0n) is 18.1. The van der Waals surface area contributed by atoms with Gasteiger partial charge in [0.2, 0.25) is 0 Å². The van der Waals surface area contributed by atoms with Gasteiger partial charge in [-0.3, -0.25) is 10.6 Å². The van der Waals surface area contributed by atoms with Crippen LogP contribution < -0.4 is 16.1 Å². The first-order valence-electron chi connectivity index (χ1n) is 10.8. The molecule has 3 unspecified atom stereocenters. The van der Waals surface area contributed by atoms with Gasteiger partial charge in [0.15, 0.2) is 0 Å². The van der Waals surface area contributed by atoms with Gasteiger partial charge >= 0.3 is 0 Å². The molecule has 32 heavy (non-hydrogen) atoms. The lowest BCUT2D eigenvalue weighted by Crippen LogP contribution is -2.36. The van der Waals surface area contributed by atoms with Crippen molar-refractivity contribution < 1.29 is 0 Å². The first-order chi connectivity index (χ1) is 15.6. The molecule has 4 rings (SSSR count). The Morgan fingerprint density at radius 1 is 0.625 bits per heavy atom. The normalized spacial score (nSPS) is 13.9. The molecule has 0 saturated carbocycles. The van der Waals surface area contributed by atoms with E-state index in [1.807, 2.05) is 12.1 Å².